The lowest BCUT2D eigenvalue weighted by molar-refractivity contribution is -0.113. The molecule has 0 spiro atoms. The minimum atomic E-state index is -0.354. The summed E-state index contributed by atoms with van der Waals surface area (Å²) in [6.45, 7) is 0. The van der Waals surface area contributed by atoms with Crippen LogP contribution in [0, 0.1) is 5.82 Å². The first-order valence-electron chi connectivity index (χ1n) is 6.76. The molecule has 0 saturated carbocycles. The summed E-state index contributed by atoms with van der Waals surface area (Å²) < 4.78 is 18.6. The average Bonchev–Trinajstić information content (AvgIpc) is 2.83. The van der Waals surface area contributed by atoms with Gasteiger partial charge in [-0.25, -0.2) is 4.39 Å². The van der Waals surface area contributed by atoms with Crippen molar-refractivity contribution in [1.82, 2.24) is 0 Å². The maximum atomic E-state index is 13.0. The van der Waals surface area contributed by atoms with Crippen LogP contribution in [0.1, 0.15) is 5.56 Å². The van der Waals surface area contributed by atoms with E-state index in [0.29, 0.717) is 14.9 Å². The normalized spacial score (nSPS) is 16.3. The molecule has 0 aliphatic carbocycles. The van der Waals surface area contributed by atoms with Gasteiger partial charge in [0.25, 0.3) is 5.91 Å². The van der Waals surface area contributed by atoms with Crippen LogP contribution in [-0.4, -0.2) is 17.3 Å². The Balaban J connectivity index is 1.88. The van der Waals surface area contributed by atoms with Crippen LogP contribution < -0.4 is 9.64 Å². The van der Waals surface area contributed by atoms with Crippen LogP contribution in [0.3, 0.4) is 0 Å². The van der Waals surface area contributed by atoms with Crippen LogP contribution in [0.4, 0.5) is 10.1 Å². The first kappa shape index (κ1) is 15.7. The van der Waals surface area contributed by atoms with Crippen molar-refractivity contribution < 1.29 is 13.9 Å². The van der Waals surface area contributed by atoms with E-state index in [-0.39, 0.29) is 11.7 Å². The van der Waals surface area contributed by atoms with Gasteiger partial charge in [0.05, 0.1) is 17.7 Å². The van der Waals surface area contributed by atoms with Crippen molar-refractivity contribution in [2.45, 2.75) is 0 Å². The van der Waals surface area contributed by atoms with Gasteiger partial charge in [-0.2, -0.15) is 0 Å². The number of ether oxygens (including phenoxy) is 1. The number of carbonyl (C=O) groups excluding carboxylic acids is 1. The molecule has 1 aliphatic heterocycles. The SMILES string of the molecule is COc1ccc(/C=C2\SC(=S)N(c3ccc(F)cc3)C2=O)cc1. The topological polar surface area (TPSA) is 29.5 Å². The number of halogens is 1. The predicted octanol–water partition coefficient (Wildman–Crippen LogP) is 4.24. The third-order valence-electron chi connectivity index (χ3n) is 3.29. The molecule has 1 aliphatic rings. The van der Waals surface area contributed by atoms with Gasteiger partial charge < -0.3 is 4.74 Å². The second kappa shape index (κ2) is 6.52. The molecule has 1 saturated heterocycles. The van der Waals surface area contributed by atoms with E-state index in [2.05, 4.69) is 0 Å². The molecule has 1 heterocycles. The smallest absolute Gasteiger partial charge is 0.270 e. The van der Waals surface area contributed by atoms with E-state index in [1.807, 2.05) is 24.3 Å². The highest BCUT2D eigenvalue weighted by atomic mass is 32.2. The van der Waals surface area contributed by atoms with E-state index < -0.39 is 0 Å². The monoisotopic (exact) mass is 345 g/mol. The quantitative estimate of drug-likeness (QED) is 0.615. The summed E-state index contributed by atoms with van der Waals surface area (Å²) in [6.07, 6.45) is 1.78. The summed E-state index contributed by atoms with van der Waals surface area (Å²) in [6, 6.07) is 13.1. The number of methoxy groups -OCH3 is 1. The van der Waals surface area contributed by atoms with E-state index in [0.717, 1.165) is 11.3 Å². The highest BCUT2D eigenvalue weighted by Crippen LogP contribution is 2.36. The number of rotatable bonds is 3. The lowest BCUT2D eigenvalue weighted by Gasteiger charge is -2.14. The van der Waals surface area contributed by atoms with E-state index in [1.54, 1.807) is 13.2 Å². The molecule has 1 fully saturated rings. The van der Waals surface area contributed by atoms with Gasteiger partial charge in [0, 0.05) is 0 Å². The van der Waals surface area contributed by atoms with Crippen LogP contribution in [0.25, 0.3) is 6.08 Å². The first-order chi connectivity index (χ1) is 11.1. The van der Waals surface area contributed by atoms with Crippen molar-refractivity contribution >= 4 is 46.0 Å². The lowest BCUT2D eigenvalue weighted by atomic mass is 10.2. The van der Waals surface area contributed by atoms with Gasteiger partial charge >= 0.3 is 0 Å². The van der Waals surface area contributed by atoms with Gasteiger partial charge in [0.2, 0.25) is 0 Å². The van der Waals surface area contributed by atoms with Gasteiger partial charge in [0.1, 0.15) is 11.6 Å². The summed E-state index contributed by atoms with van der Waals surface area (Å²) in [4.78, 5) is 14.5. The van der Waals surface area contributed by atoms with E-state index >= 15 is 0 Å². The zero-order chi connectivity index (χ0) is 16.4. The van der Waals surface area contributed by atoms with Gasteiger partial charge in [-0.05, 0) is 48.0 Å². The molecule has 1 amide bonds. The van der Waals surface area contributed by atoms with Crippen LogP contribution in [-0.2, 0) is 4.79 Å². The Bertz CT molecular complexity index is 785. The number of thiocarbonyl (C=S) groups is 1. The largest absolute Gasteiger partial charge is 0.497 e. The van der Waals surface area contributed by atoms with Gasteiger partial charge in [0.15, 0.2) is 4.32 Å². The number of amides is 1. The van der Waals surface area contributed by atoms with Gasteiger partial charge in [-0.3, -0.25) is 9.69 Å². The third kappa shape index (κ3) is 3.28. The molecule has 23 heavy (non-hydrogen) atoms. The Kier molecular flexibility index (Phi) is 4.45. The van der Waals surface area contributed by atoms with Gasteiger partial charge in [-0.1, -0.05) is 36.1 Å². The standard InChI is InChI=1S/C17H12FNO2S2/c1-21-14-8-2-11(3-9-14)10-15-16(20)19(17(22)23-15)13-6-4-12(18)5-7-13/h2-10H,1H3/b15-10-. The predicted molar refractivity (Wildman–Crippen MR) is 95.0 cm³/mol. The van der Waals surface area contributed by atoms with Crippen molar-refractivity contribution in [3.63, 3.8) is 0 Å². The zero-order valence-corrected chi connectivity index (χ0v) is 13.8. The molecule has 0 unspecified atom stereocenters. The number of hydrogen-bond donors (Lipinski definition) is 0. The number of anilines is 1. The molecule has 6 heteroatoms. The molecule has 0 atom stereocenters. The summed E-state index contributed by atoms with van der Waals surface area (Å²) in [5.74, 6) is 0.191. The molecule has 3 nitrogen and oxygen atoms in total. The molecule has 0 radical (unpaired) electrons. The highest BCUT2D eigenvalue weighted by Gasteiger charge is 2.33. The maximum Gasteiger partial charge on any atom is 0.270 e. The minimum Gasteiger partial charge on any atom is -0.497 e. The van der Waals surface area contributed by atoms with E-state index in [9.17, 15) is 9.18 Å². The van der Waals surface area contributed by atoms with E-state index in [4.69, 9.17) is 17.0 Å². The summed E-state index contributed by atoms with van der Waals surface area (Å²) >= 11 is 6.51. The summed E-state index contributed by atoms with van der Waals surface area (Å²) in [5.41, 5.74) is 1.44. The molecule has 116 valence electrons. The molecule has 2 aromatic rings. The van der Waals surface area contributed by atoms with Crippen molar-refractivity contribution in [1.29, 1.82) is 0 Å². The second-order valence-electron chi connectivity index (χ2n) is 4.77. The van der Waals surface area contributed by atoms with Crippen molar-refractivity contribution in [3.8, 4) is 5.75 Å². The average molecular weight is 345 g/mol. The summed E-state index contributed by atoms with van der Waals surface area (Å²) in [7, 11) is 1.60. The molecular weight excluding hydrogens is 333 g/mol. The molecule has 0 aromatic heterocycles. The van der Waals surface area contributed by atoms with Crippen molar-refractivity contribution in [2.75, 3.05) is 12.0 Å². The minimum absolute atomic E-state index is 0.206. The Hall–Kier alpha value is -2.18. The number of benzene rings is 2. The fraction of sp³-hybridized carbons (Fsp3) is 0.0588. The fourth-order valence-corrected chi connectivity index (χ4v) is 3.43. The summed E-state index contributed by atoms with van der Waals surface area (Å²) in [5, 5.41) is 0. The zero-order valence-electron chi connectivity index (χ0n) is 12.2. The molecule has 3 rings (SSSR count). The maximum absolute atomic E-state index is 13.0. The first-order valence-corrected chi connectivity index (χ1v) is 7.98. The molecule has 0 bridgehead atoms. The Morgan fingerprint density at radius 1 is 1.13 bits per heavy atom. The van der Waals surface area contributed by atoms with Crippen molar-refractivity contribution in [3.05, 3.63) is 64.8 Å². The lowest BCUT2D eigenvalue weighted by Crippen LogP contribution is -2.27. The molecule has 0 N–H and O–H groups in total. The number of hydrogen-bond acceptors (Lipinski definition) is 4. The van der Waals surface area contributed by atoms with E-state index in [1.165, 1.54) is 40.9 Å². The van der Waals surface area contributed by atoms with Crippen LogP contribution in [0.15, 0.2) is 53.4 Å². The van der Waals surface area contributed by atoms with Gasteiger partial charge in [-0.15, -0.1) is 0 Å². The fourth-order valence-electron chi connectivity index (χ4n) is 2.13. The number of thioether (sulfide) groups is 1. The Morgan fingerprint density at radius 3 is 2.39 bits per heavy atom. The van der Waals surface area contributed by atoms with Crippen molar-refractivity contribution in [2.24, 2.45) is 0 Å². The molecular formula is C17H12FNO2S2. The Labute approximate surface area is 142 Å². The second-order valence-corrected chi connectivity index (χ2v) is 6.44. The molecule has 2 aromatic carbocycles. The van der Waals surface area contributed by atoms with Crippen LogP contribution in [0.2, 0.25) is 0 Å². The Morgan fingerprint density at radius 2 is 1.78 bits per heavy atom. The highest BCUT2D eigenvalue weighted by molar-refractivity contribution is 8.27. The number of nitrogens with zero attached hydrogens (tertiary/aromatic N) is 1. The number of carbonyl (C=O) groups is 1. The van der Waals surface area contributed by atoms with Crippen LogP contribution >= 0.6 is 24.0 Å². The van der Waals surface area contributed by atoms with Crippen LogP contribution in [0.5, 0.6) is 5.75 Å². The third-order valence-corrected chi connectivity index (χ3v) is 4.59.